The van der Waals surface area contributed by atoms with E-state index in [-0.39, 0.29) is 12.5 Å². The van der Waals surface area contributed by atoms with E-state index in [1.165, 1.54) is 57.8 Å². The average Bonchev–Trinajstić information content (AvgIpc) is 3.24. The predicted molar refractivity (Wildman–Crippen MR) is 231 cm³/mol. The summed E-state index contributed by atoms with van der Waals surface area (Å²) in [5.74, 6) is -0.110. The number of carbonyl (C=O) groups excluding carboxylic acids is 2. The van der Waals surface area contributed by atoms with Gasteiger partial charge in [-0.25, -0.2) is 5.43 Å². The number of hydrazine groups is 1. The first kappa shape index (κ1) is 49.7. The highest BCUT2D eigenvalue weighted by atomic mass is 16.5. The second kappa shape index (κ2) is 30.6. The number of carbonyl (C=O) groups is 3. The fraction of sp³-hybridized carbons (Fsp3) is 0.553. The maximum atomic E-state index is 12.8. The second-order valence-corrected chi connectivity index (χ2v) is 14.7. The van der Waals surface area contributed by atoms with Crippen LogP contribution < -0.4 is 26.1 Å². The number of primary amides is 1. The Bertz CT molecular complexity index is 1470. The van der Waals surface area contributed by atoms with Gasteiger partial charge < -0.3 is 30.2 Å². The molecule has 0 aliphatic heterocycles. The molecule has 1 unspecified atom stereocenters. The Balaban J connectivity index is 0.000000492. The van der Waals surface area contributed by atoms with Crippen LogP contribution in [0, 0.1) is 0 Å². The van der Waals surface area contributed by atoms with Gasteiger partial charge in [-0.15, -0.1) is 0 Å². The number of methoxy groups -OCH3 is 2. The lowest BCUT2D eigenvalue weighted by Gasteiger charge is -2.38. The molecular formula is C47H71N3O8. The zero-order chi connectivity index (χ0) is 42.3. The molecule has 3 aromatic carbocycles. The quantitative estimate of drug-likeness (QED) is 0.0242. The molecule has 0 bridgehead atoms. The van der Waals surface area contributed by atoms with Gasteiger partial charge in [0.2, 0.25) is 11.8 Å². The van der Waals surface area contributed by atoms with Crippen LogP contribution in [0.25, 0.3) is 0 Å². The lowest BCUT2D eigenvalue weighted by Crippen LogP contribution is -2.42. The maximum absolute atomic E-state index is 12.8. The van der Waals surface area contributed by atoms with E-state index < -0.39 is 23.6 Å². The molecule has 0 aliphatic carbocycles. The maximum Gasteiger partial charge on any atom is 0.319 e. The zero-order valence-electron chi connectivity index (χ0n) is 35.4. The Hall–Kier alpha value is -4.45. The molecule has 2 amide bonds. The molecule has 0 spiro atoms. The molecule has 0 fully saturated rings. The summed E-state index contributed by atoms with van der Waals surface area (Å²) in [7, 11) is 3.29. The Kier molecular flexibility index (Phi) is 26.2. The largest absolute Gasteiger partial charge is 0.497 e. The average molecular weight is 806 g/mol. The van der Waals surface area contributed by atoms with Gasteiger partial charge in [0.05, 0.1) is 14.2 Å². The molecule has 0 saturated carbocycles. The van der Waals surface area contributed by atoms with Crippen LogP contribution in [-0.2, 0) is 24.7 Å². The molecule has 3 aromatic rings. The van der Waals surface area contributed by atoms with Crippen LogP contribution in [0.4, 0.5) is 0 Å². The summed E-state index contributed by atoms with van der Waals surface area (Å²) in [5.41, 5.74) is 12.3. The molecule has 1 atom stereocenters. The number of aliphatic carboxylic acids is 1. The fourth-order valence-electron chi connectivity index (χ4n) is 6.88. The predicted octanol–water partition coefficient (Wildman–Crippen LogP) is 8.98. The summed E-state index contributed by atoms with van der Waals surface area (Å²) in [6.45, 7) is 2.27. The molecule has 11 nitrogen and oxygen atoms in total. The number of hydrogen-bond donors (Lipinski definition) is 5. The van der Waals surface area contributed by atoms with Crippen molar-refractivity contribution in [1.82, 2.24) is 10.9 Å². The third-order valence-corrected chi connectivity index (χ3v) is 10.2. The zero-order valence-corrected chi connectivity index (χ0v) is 35.4. The van der Waals surface area contributed by atoms with Gasteiger partial charge in [-0.1, -0.05) is 158 Å². The van der Waals surface area contributed by atoms with Crippen molar-refractivity contribution in [3.8, 4) is 11.5 Å². The molecule has 0 aromatic heterocycles. The van der Waals surface area contributed by atoms with Gasteiger partial charge in [0.1, 0.15) is 29.7 Å². The first-order valence-electron chi connectivity index (χ1n) is 21.4. The molecule has 0 radical (unpaired) electrons. The van der Waals surface area contributed by atoms with E-state index in [1.54, 1.807) is 14.2 Å². The first-order valence-corrected chi connectivity index (χ1v) is 21.4. The number of benzene rings is 3. The fourth-order valence-corrected chi connectivity index (χ4v) is 6.88. The topological polar surface area (TPSA) is 169 Å². The van der Waals surface area contributed by atoms with Crippen molar-refractivity contribution in [2.24, 2.45) is 5.73 Å². The van der Waals surface area contributed by atoms with Crippen LogP contribution in [0.15, 0.2) is 78.9 Å². The highest BCUT2D eigenvalue weighted by Crippen LogP contribution is 2.43. The van der Waals surface area contributed by atoms with E-state index in [1.807, 2.05) is 78.9 Å². The number of amides is 2. The van der Waals surface area contributed by atoms with Crippen LogP contribution in [0.5, 0.6) is 11.5 Å². The number of carboxylic acids is 1. The van der Waals surface area contributed by atoms with E-state index in [0.717, 1.165) is 79.6 Å². The minimum Gasteiger partial charge on any atom is -0.497 e. The normalized spacial score (nSPS) is 11.6. The third-order valence-electron chi connectivity index (χ3n) is 10.2. The lowest BCUT2D eigenvalue weighted by molar-refractivity contribution is -0.138. The highest BCUT2D eigenvalue weighted by molar-refractivity contribution is 5.79. The molecule has 11 heteroatoms. The first-order chi connectivity index (χ1) is 28.2. The number of rotatable bonds is 31. The molecule has 6 N–H and O–H groups in total. The molecule has 0 saturated heterocycles. The molecule has 322 valence electrons. The van der Waals surface area contributed by atoms with Crippen molar-refractivity contribution in [1.29, 1.82) is 0 Å². The van der Waals surface area contributed by atoms with Crippen LogP contribution in [0.1, 0.15) is 146 Å². The minimum absolute atomic E-state index is 0.157. The summed E-state index contributed by atoms with van der Waals surface area (Å²) in [6, 6.07) is 25.6. The number of ether oxygens (including phenoxy) is 3. The van der Waals surface area contributed by atoms with E-state index in [0.29, 0.717) is 19.4 Å². The summed E-state index contributed by atoms with van der Waals surface area (Å²) in [6.07, 6.45) is 19.6. The molecule has 58 heavy (non-hydrogen) atoms. The second-order valence-electron chi connectivity index (χ2n) is 14.7. The number of nitrogens with two attached hydrogens (primary N) is 1. The van der Waals surface area contributed by atoms with Crippen molar-refractivity contribution in [2.75, 3.05) is 27.4 Å². The van der Waals surface area contributed by atoms with Crippen molar-refractivity contribution >= 4 is 17.8 Å². The van der Waals surface area contributed by atoms with E-state index in [4.69, 9.17) is 30.2 Å². The number of hydrogen-bond acceptors (Lipinski definition) is 8. The SMILES string of the molecule is CCCCCCCCCCC(OC(c1ccccc1)(c1ccc(OC)cc1)c1ccc(OC)cc1)C(N)=O.O=C(O)CNNC(=O)CCCCCCCCCCCO. The number of aliphatic hydroxyl groups is 1. The summed E-state index contributed by atoms with van der Waals surface area (Å²) in [4.78, 5) is 34.2. The van der Waals surface area contributed by atoms with Crippen molar-refractivity contribution < 1.29 is 38.8 Å². The summed E-state index contributed by atoms with van der Waals surface area (Å²) in [5, 5.41) is 17.0. The molecule has 0 heterocycles. The highest BCUT2D eigenvalue weighted by Gasteiger charge is 2.41. The third kappa shape index (κ3) is 19.3. The van der Waals surface area contributed by atoms with Gasteiger partial charge in [0.25, 0.3) is 0 Å². The van der Waals surface area contributed by atoms with E-state index in [9.17, 15) is 14.4 Å². The number of carboxylic acid groups (broad SMARTS) is 1. The Morgan fingerprint density at radius 2 is 1.09 bits per heavy atom. The van der Waals surface area contributed by atoms with Gasteiger partial charge in [0.15, 0.2) is 0 Å². The Morgan fingerprint density at radius 1 is 0.638 bits per heavy atom. The van der Waals surface area contributed by atoms with Gasteiger partial charge >= 0.3 is 5.97 Å². The Morgan fingerprint density at radius 3 is 1.53 bits per heavy atom. The molecule has 0 aliphatic rings. The van der Waals surface area contributed by atoms with Crippen LogP contribution in [0.3, 0.4) is 0 Å². The lowest BCUT2D eigenvalue weighted by atomic mass is 9.79. The number of aliphatic hydroxyl groups excluding tert-OH is 1. The van der Waals surface area contributed by atoms with E-state index in [2.05, 4.69) is 17.8 Å². The Labute approximate surface area is 347 Å². The number of nitrogens with one attached hydrogen (secondary N) is 2. The van der Waals surface area contributed by atoms with Gasteiger partial charge in [-0.2, -0.15) is 0 Å². The van der Waals surface area contributed by atoms with Gasteiger partial charge in [-0.3, -0.25) is 19.8 Å². The van der Waals surface area contributed by atoms with Crippen molar-refractivity contribution in [3.63, 3.8) is 0 Å². The molecule has 3 rings (SSSR count). The minimum atomic E-state index is -1.06. The molecular weight excluding hydrogens is 735 g/mol. The van der Waals surface area contributed by atoms with Crippen LogP contribution in [-0.4, -0.2) is 61.5 Å². The van der Waals surface area contributed by atoms with E-state index >= 15 is 0 Å². The monoisotopic (exact) mass is 806 g/mol. The van der Waals surface area contributed by atoms with Crippen LogP contribution >= 0.6 is 0 Å². The smallest absolute Gasteiger partial charge is 0.319 e. The van der Waals surface area contributed by atoms with Crippen LogP contribution in [0.2, 0.25) is 0 Å². The van der Waals surface area contributed by atoms with Crippen molar-refractivity contribution in [3.05, 3.63) is 95.6 Å². The van der Waals surface area contributed by atoms with Crippen molar-refractivity contribution in [2.45, 2.75) is 141 Å². The number of unbranched alkanes of at least 4 members (excludes halogenated alkanes) is 15. The standard InChI is InChI=1S/C33H43NO4.C14H28N2O4/c1-4-5-6-7-8-9-10-14-17-31(32(34)35)38-33(26-15-12-11-13-16-26,27-18-22-29(36-2)23-19-27)28-20-24-30(37-3)25-21-28;17-11-9-7-5-3-1-2-4-6-8-10-13(18)16-15-12-14(19)20/h11-13,15-16,18-25,31H,4-10,14,17H2,1-3H3,(H2,34,35);15,17H,1-12H2,(H,16,18)(H,19,20). The summed E-state index contributed by atoms with van der Waals surface area (Å²) < 4.78 is 17.7. The summed E-state index contributed by atoms with van der Waals surface area (Å²) >= 11 is 0. The van der Waals surface area contributed by atoms with Gasteiger partial charge in [0, 0.05) is 13.0 Å². The van der Waals surface area contributed by atoms with Gasteiger partial charge in [-0.05, 0) is 60.2 Å².